The van der Waals surface area contributed by atoms with Crippen LogP contribution < -0.4 is 16.4 Å². The van der Waals surface area contributed by atoms with E-state index in [-0.39, 0.29) is 37.5 Å². The number of carbonyl (C=O) groups is 2. The Balaban J connectivity index is 1.82. The molecule has 1 aliphatic heterocycles. The maximum atomic E-state index is 11.3. The minimum Gasteiger partial charge on any atom is -0.370 e. The SMILES string of the molecule is NC(=NCCN1C(=O)CNC1=O)Nc1ccccc1. The van der Waals surface area contributed by atoms with Gasteiger partial charge < -0.3 is 16.4 Å². The number of aliphatic imine (C=N–C) groups is 1. The number of amides is 3. The van der Waals surface area contributed by atoms with Crippen molar-refractivity contribution in [1.29, 1.82) is 0 Å². The van der Waals surface area contributed by atoms with Gasteiger partial charge in [0.2, 0.25) is 5.91 Å². The van der Waals surface area contributed by atoms with E-state index in [0.29, 0.717) is 0 Å². The van der Waals surface area contributed by atoms with E-state index in [1.54, 1.807) is 0 Å². The van der Waals surface area contributed by atoms with Crippen LogP contribution in [0, 0.1) is 0 Å². The van der Waals surface area contributed by atoms with Crippen LogP contribution in [0.15, 0.2) is 35.3 Å². The normalized spacial score (nSPS) is 15.6. The highest BCUT2D eigenvalue weighted by Crippen LogP contribution is 2.04. The second-order valence-corrected chi connectivity index (χ2v) is 3.96. The molecular weight excluding hydrogens is 246 g/mol. The monoisotopic (exact) mass is 261 g/mol. The predicted octanol–water partition coefficient (Wildman–Crippen LogP) is -0.0350. The van der Waals surface area contributed by atoms with Gasteiger partial charge in [0, 0.05) is 5.69 Å². The third-order valence-electron chi connectivity index (χ3n) is 2.59. The van der Waals surface area contributed by atoms with E-state index in [2.05, 4.69) is 15.6 Å². The molecule has 0 bridgehead atoms. The van der Waals surface area contributed by atoms with Crippen LogP contribution in [0.4, 0.5) is 10.5 Å². The topological polar surface area (TPSA) is 99.8 Å². The Morgan fingerprint density at radius 2 is 2.11 bits per heavy atom. The molecule has 1 aliphatic rings. The molecule has 0 radical (unpaired) electrons. The number of carbonyl (C=O) groups excluding carboxylic acids is 2. The third kappa shape index (κ3) is 3.44. The highest BCUT2D eigenvalue weighted by atomic mass is 16.2. The van der Waals surface area contributed by atoms with Crippen LogP contribution in [0.5, 0.6) is 0 Å². The zero-order chi connectivity index (χ0) is 13.7. The fourth-order valence-electron chi connectivity index (χ4n) is 1.66. The van der Waals surface area contributed by atoms with Gasteiger partial charge in [-0.15, -0.1) is 0 Å². The van der Waals surface area contributed by atoms with Crippen molar-refractivity contribution in [2.75, 3.05) is 25.0 Å². The Kier molecular flexibility index (Phi) is 3.97. The first kappa shape index (κ1) is 12.9. The Hall–Kier alpha value is -2.57. The van der Waals surface area contributed by atoms with Crippen LogP contribution in [0.1, 0.15) is 0 Å². The molecule has 0 aromatic heterocycles. The van der Waals surface area contributed by atoms with Gasteiger partial charge in [-0.1, -0.05) is 18.2 Å². The van der Waals surface area contributed by atoms with E-state index in [4.69, 9.17) is 5.73 Å². The predicted molar refractivity (Wildman–Crippen MR) is 71.7 cm³/mol. The summed E-state index contributed by atoms with van der Waals surface area (Å²) in [6.07, 6.45) is 0. The third-order valence-corrected chi connectivity index (χ3v) is 2.59. The summed E-state index contributed by atoms with van der Waals surface area (Å²) in [7, 11) is 0. The Morgan fingerprint density at radius 1 is 1.37 bits per heavy atom. The van der Waals surface area contributed by atoms with Crippen molar-refractivity contribution >= 4 is 23.6 Å². The van der Waals surface area contributed by atoms with E-state index in [1.165, 1.54) is 0 Å². The molecule has 0 aliphatic carbocycles. The summed E-state index contributed by atoms with van der Waals surface area (Å²) in [6, 6.07) is 9.00. The van der Waals surface area contributed by atoms with E-state index in [1.807, 2.05) is 30.3 Å². The van der Waals surface area contributed by atoms with Crippen LogP contribution in [0.2, 0.25) is 0 Å². The van der Waals surface area contributed by atoms with Crippen molar-refractivity contribution < 1.29 is 9.59 Å². The fourth-order valence-corrected chi connectivity index (χ4v) is 1.66. The van der Waals surface area contributed by atoms with Gasteiger partial charge >= 0.3 is 6.03 Å². The summed E-state index contributed by atoms with van der Waals surface area (Å²) >= 11 is 0. The number of nitrogens with one attached hydrogen (secondary N) is 2. The number of urea groups is 1. The van der Waals surface area contributed by atoms with Crippen LogP contribution in [0.25, 0.3) is 0 Å². The van der Waals surface area contributed by atoms with Crippen molar-refractivity contribution in [3.05, 3.63) is 30.3 Å². The van der Waals surface area contributed by atoms with Crippen molar-refractivity contribution in [2.24, 2.45) is 10.7 Å². The highest BCUT2D eigenvalue weighted by Gasteiger charge is 2.27. The largest absolute Gasteiger partial charge is 0.370 e. The maximum Gasteiger partial charge on any atom is 0.324 e. The number of guanidine groups is 1. The molecule has 1 aromatic carbocycles. The van der Waals surface area contributed by atoms with Gasteiger partial charge in [-0.2, -0.15) is 0 Å². The van der Waals surface area contributed by atoms with Crippen LogP contribution >= 0.6 is 0 Å². The van der Waals surface area contributed by atoms with Crippen LogP contribution in [-0.4, -0.2) is 42.4 Å². The molecule has 3 amide bonds. The van der Waals surface area contributed by atoms with Crippen LogP contribution in [0.3, 0.4) is 0 Å². The number of benzene rings is 1. The molecule has 0 atom stereocenters. The minimum absolute atomic E-state index is 0.0558. The average Bonchev–Trinajstić information content (AvgIpc) is 2.71. The van der Waals surface area contributed by atoms with E-state index in [9.17, 15) is 9.59 Å². The molecule has 1 fully saturated rings. The molecule has 0 spiro atoms. The molecule has 1 heterocycles. The van der Waals surface area contributed by atoms with Crippen molar-refractivity contribution in [3.63, 3.8) is 0 Å². The van der Waals surface area contributed by atoms with Gasteiger partial charge in [-0.3, -0.25) is 14.7 Å². The summed E-state index contributed by atoms with van der Waals surface area (Å²) in [6.45, 7) is 0.549. The average molecular weight is 261 g/mol. The Bertz CT molecular complexity index is 484. The quantitative estimate of drug-likeness (QED) is 0.402. The van der Waals surface area contributed by atoms with Gasteiger partial charge in [0.05, 0.1) is 19.6 Å². The summed E-state index contributed by atoms with van der Waals surface area (Å²) in [5.74, 6) is 0.00745. The molecule has 0 saturated carbocycles. The lowest BCUT2D eigenvalue weighted by molar-refractivity contribution is -0.124. The molecule has 7 heteroatoms. The minimum atomic E-state index is -0.380. The summed E-state index contributed by atoms with van der Waals surface area (Å²) in [4.78, 5) is 27.7. The molecule has 2 rings (SSSR count). The molecule has 1 aromatic rings. The number of rotatable bonds is 4. The van der Waals surface area contributed by atoms with E-state index in [0.717, 1.165) is 10.6 Å². The lowest BCUT2D eigenvalue weighted by atomic mass is 10.3. The summed E-state index contributed by atoms with van der Waals surface area (Å²) in [5.41, 5.74) is 6.53. The standard InChI is InChI=1S/C12H15N5O2/c13-11(16-9-4-2-1-3-5-9)14-6-7-17-10(18)8-15-12(17)19/h1-5H,6-8H2,(H,15,19)(H3,13,14,16). The zero-order valence-electron chi connectivity index (χ0n) is 10.3. The lowest BCUT2D eigenvalue weighted by Gasteiger charge is -2.10. The van der Waals surface area contributed by atoms with Gasteiger partial charge in [-0.05, 0) is 12.1 Å². The number of para-hydroxylation sites is 1. The Labute approximate surface area is 110 Å². The second-order valence-electron chi connectivity index (χ2n) is 3.96. The molecule has 100 valence electrons. The van der Waals surface area contributed by atoms with E-state index >= 15 is 0 Å². The molecule has 0 unspecified atom stereocenters. The zero-order valence-corrected chi connectivity index (χ0v) is 10.3. The number of imide groups is 1. The number of hydrogen-bond donors (Lipinski definition) is 3. The summed E-state index contributed by atoms with van der Waals surface area (Å²) in [5, 5.41) is 5.35. The Morgan fingerprint density at radius 3 is 2.74 bits per heavy atom. The number of nitrogens with two attached hydrogens (primary N) is 1. The van der Waals surface area contributed by atoms with Gasteiger partial charge in [-0.25, -0.2) is 4.79 Å². The van der Waals surface area contributed by atoms with E-state index < -0.39 is 0 Å². The number of hydrogen-bond acceptors (Lipinski definition) is 3. The van der Waals surface area contributed by atoms with Gasteiger partial charge in [0.25, 0.3) is 0 Å². The molecule has 1 saturated heterocycles. The molecular formula is C12H15N5O2. The van der Waals surface area contributed by atoms with Crippen molar-refractivity contribution in [2.45, 2.75) is 0 Å². The molecule has 7 nitrogen and oxygen atoms in total. The number of nitrogens with zero attached hydrogens (tertiary/aromatic N) is 2. The fraction of sp³-hybridized carbons (Fsp3) is 0.250. The van der Waals surface area contributed by atoms with Gasteiger partial charge in [0.1, 0.15) is 0 Å². The molecule has 19 heavy (non-hydrogen) atoms. The maximum absolute atomic E-state index is 11.3. The highest BCUT2D eigenvalue weighted by molar-refractivity contribution is 6.02. The smallest absolute Gasteiger partial charge is 0.324 e. The van der Waals surface area contributed by atoms with Crippen LogP contribution in [-0.2, 0) is 4.79 Å². The van der Waals surface area contributed by atoms with Gasteiger partial charge in [0.15, 0.2) is 5.96 Å². The van der Waals surface area contributed by atoms with Crippen molar-refractivity contribution in [1.82, 2.24) is 10.2 Å². The second kappa shape index (κ2) is 5.85. The first-order valence-corrected chi connectivity index (χ1v) is 5.87. The first-order chi connectivity index (χ1) is 9.16. The molecule has 4 N–H and O–H groups in total. The first-order valence-electron chi connectivity index (χ1n) is 5.87. The van der Waals surface area contributed by atoms with Crippen molar-refractivity contribution in [3.8, 4) is 0 Å². The lowest BCUT2D eigenvalue weighted by Crippen LogP contribution is -2.34. The number of anilines is 1. The summed E-state index contributed by atoms with van der Waals surface area (Å²) < 4.78 is 0.